The topological polar surface area (TPSA) is 121 Å². The van der Waals surface area contributed by atoms with E-state index in [1.165, 1.54) is 0 Å². The van der Waals surface area contributed by atoms with Crippen molar-refractivity contribution >= 4 is 23.3 Å². The summed E-state index contributed by atoms with van der Waals surface area (Å²) in [6.07, 6.45) is 0. The fraction of sp³-hybridized carbons (Fsp3) is 0.200. The van der Waals surface area contributed by atoms with Crippen LogP contribution in [0.15, 0.2) is 18.2 Å². The second-order valence-corrected chi connectivity index (χ2v) is 3.57. The molecular formula is C10H9FN2O6. The second-order valence-electron chi connectivity index (χ2n) is 3.57. The molecule has 0 saturated heterocycles. The Morgan fingerprint density at radius 1 is 1.21 bits per heavy atom. The molecule has 1 rings (SSSR count). The molecule has 2 N–H and O–H groups in total. The van der Waals surface area contributed by atoms with Crippen LogP contribution in [0.4, 0.5) is 15.8 Å². The van der Waals surface area contributed by atoms with Crippen molar-refractivity contribution in [2.45, 2.75) is 0 Å². The molecule has 102 valence electrons. The van der Waals surface area contributed by atoms with Crippen LogP contribution >= 0.6 is 0 Å². The lowest BCUT2D eigenvalue weighted by molar-refractivity contribution is -0.385. The highest BCUT2D eigenvalue weighted by molar-refractivity contribution is 5.79. The molecule has 0 aromatic heterocycles. The number of hydrogen-bond acceptors (Lipinski definition) is 5. The van der Waals surface area contributed by atoms with Crippen LogP contribution in [0.2, 0.25) is 0 Å². The van der Waals surface area contributed by atoms with Gasteiger partial charge in [-0.2, -0.15) is 0 Å². The highest BCUT2D eigenvalue weighted by Crippen LogP contribution is 2.23. The van der Waals surface area contributed by atoms with Crippen LogP contribution < -0.4 is 4.90 Å². The van der Waals surface area contributed by atoms with Crippen molar-refractivity contribution in [2.24, 2.45) is 0 Å². The third kappa shape index (κ3) is 4.22. The first-order chi connectivity index (χ1) is 8.79. The molecule has 0 fully saturated rings. The van der Waals surface area contributed by atoms with Gasteiger partial charge in [0.1, 0.15) is 18.9 Å². The number of halogens is 1. The number of aliphatic carboxylic acids is 2. The molecule has 0 heterocycles. The minimum Gasteiger partial charge on any atom is -0.480 e. The predicted octanol–water partition coefficient (Wildman–Crippen LogP) is 0.710. The van der Waals surface area contributed by atoms with Gasteiger partial charge in [0, 0.05) is 11.8 Å². The molecule has 1 aromatic carbocycles. The average Bonchev–Trinajstić information content (AvgIpc) is 2.25. The molecule has 1 aromatic rings. The number of anilines is 1. The number of nitrogens with zero attached hydrogens (tertiary/aromatic N) is 2. The lowest BCUT2D eigenvalue weighted by atomic mass is 10.2. The highest BCUT2D eigenvalue weighted by Gasteiger charge is 2.18. The zero-order valence-corrected chi connectivity index (χ0v) is 9.45. The molecule has 0 bridgehead atoms. The van der Waals surface area contributed by atoms with Crippen molar-refractivity contribution in [1.29, 1.82) is 0 Å². The van der Waals surface area contributed by atoms with Crippen LogP contribution in [-0.2, 0) is 9.59 Å². The number of nitro benzene ring substituents is 1. The normalized spacial score (nSPS) is 9.95. The van der Waals surface area contributed by atoms with Gasteiger partial charge < -0.3 is 15.1 Å². The number of hydrogen-bond donors (Lipinski definition) is 2. The molecule has 0 saturated carbocycles. The van der Waals surface area contributed by atoms with Gasteiger partial charge in [-0.15, -0.1) is 0 Å². The summed E-state index contributed by atoms with van der Waals surface area (Å²) in [5.74, 6) is -3.63. The Morgan fingerprint density at radius 3 is 2.16 bits per heavy atom. The Morgan fingerprint density at radius 2 is 1.74 bits per heavy atom. The summed E-state index contributed by atoms with van der Waals surface area (Å²) < 4.78 is 13.2. The Bertz CT molecular complexity index is 517. The Balaban J connectivity index is 3.16. The van der Waals surface area contributed by atoms with E-state index in [9.17, 15) is 24.1 Å². The average molecular weight is 272 g/mol. The van der Waals surface area contributed by atoms with Crippen molar-refractivity contribution in [3.05, 3.63) is 34.1 Å². The molecule has 0 amide bonds. The number of benzene rings is 1. The third-order valence-electron chi connectivity index (χ3n) is 2.10. The van der Waals surface area contributed by atoms with Crippen LogP contribution in [0.25, 0.3) is 0 Å². The largest absolute Gasteiger partial charge is 0.480 e. The van der Waals surface area contributed by atoms with E-state index in [0.29, 0.717) is 6.07 Å². The Kier molecular flexibility index (Phi) is 4.35. The van der Waals surface area contributed by atoms with Crippen molar-refractivity contribution in [3.8, 4) is 0 Å². The maximum absolute atomic E-state index is 13.2. The van der Waals surface area contributed by atoms with Gasteiger partial charge in [-0.1, -0.05) is 0 Å². The summed E-state index contributed by atoms with van der Waals surface area (Å²) in [5, 5.41) is 27.8. The predicted molar refractivity (Wildman–Crippen MR) is 60.5 cm³/mol. The molecular weight excluding hydrogens is 263 g/mol. The number of carboxylic acids is 2. The van der Waals surface area contributed by atoms with Crippen molar-refractivity contribution in [3.63, 3.8) is 0 Å². The van der Waals surface area contributed by atoms with Gasteiger partial charge in [0.2, 0.25) is 0 Å². The molecule has 0 aliphatic rings. The molecule has 8 nitrogen and oxygen atoms in total. The van der Waals surface area contributed by atoms with E-state index in [1.54, 1.807) is 0 Å². The third-order valence-corrected chi connectivity index (χ3v) is 2.10. The zero-order valence-electron chi connectivity index (χ0n) is 9.45. The summed E-state index contributed by atoms with van der Waals surface area (Å²) in [7, 11) is 0. The first-order valence-electron chi connectivity index (χ1n) is 4.93. The molecule has 9 heteroatoms. The van der Waals surface area contributed by atoms with Gasteiger partial charge >= 0.3 is 11.9 Å². The second kappa shape index (κ2) is 5.76. The van der Waals surface area contributed by atoms with E-state index in [2.05, 4.69) is 0 Å². The smallest absolute Gasteiger partial charge is 0.323 e. The Labute approximate surface area is 105 Å². The van der Waals surface area contributed by atoms with Gasteiger partial charge in [0.05, 0.1) is 11.0 Å². The van der Waals surface area contributed by atoms with Gasteiger partial charge in [0.15, 0.2) is 0 Å². The molecule has 0 spiro atoms. The summed E-state index contributed by atoms with van der Waals surface area (Å²) in [5.41, 5.74) is -0.771. The summed E-state index contributed by atoms with van der Waals surface area (Å²) in [4.78, 5) is 31.7. The minimum absolute atomic E-state index is 0.184. The van der Waals surface area contributed by atoms with Crippen LogP contribution in [0.1, 0.15) is 0 Å². The van der Waals surface area contributed by atoms with E-state index < -0.39 is 41.5 Å². The van der Waals surface area contributed by atoms with Gasteiger partial charge in [-0.3, -0.25) is 19.7 Å². The standard InChI is InChI=1S/C10H9FN2O6/c11-6-1-7(3-8(2-6)13(18)19)12(4-9(14)15)5-10(16)17/h1-3H,4-5H2,(H,14,15)(H,16,17). The fourth-order valence-corrected chi connectivity index (χ4v) is 1.41. The van der Waals surface area contributed by atoms with E-state index in [-0.39, 0.29) is 5.69 Å². The SMILES string of the molecule is O=C(O)CN(CC(=O)O)c1cc(F)cc([N+](=O)[O-])c1. The number of nitro groups is 1. The zero-order chi connectivity index (χ0) is 14.6. The molecule has 0 radical (unpaired) electrons. The van der Waals surface area contributed by atoms with Crippen molar-refractivity contribution < 1.29 is 29.1 Å². The van der Waals surface area contributed by atoms with Crippen LogP contribution in [0.5, 0.6) is 0 Å². The van der Waals surface area contributed by atoms with Crippen molar-refractivity contribution in [2.75, 3.05) is 18.0 Å². The molecule has 0 aliphatic heterocycles. The maximum Gasteiger partial charge on any atom is 0.323 e. The van der Waals surface area contributed by atoms with Crippen LogP contribution in [-0.4, -0.2) is 40.2 Å². The lowest BCUT2D eigenvalue weighted by Crippen LogP contribution is -2.34. The van der Waals surface area contributed by atoms with Gasteiger partial charge in [-0.25, -0.2) is 4.39 Å². The lowest BCUT2D eigenvalue weighted by Gasteiger charge is -2.20. The number of carbonyl (C=O) groups is 2. The quantitative estimate of drug-likeness (QED) is 0.577. The van der Waals surface area contributed by atoms with Gasteiger partial charge in [0.25, 0.3) is 5.69 Å². The first kappa shape index (κ1) is 14.4. The van der Waals surface area contributed by atoms with E-state index >= 15 is 0 Å². The molecule has 19 heavy (non-hydrogen) atoms. The van der Waals surface area contributed by atoms with E-state index in [1.807, 2.05) is 0 Å². The first-order valence-corrected chi connectivity index (χ1v) is 4.93. The summed E-state index contributed by atoms with van der Waals surface area (Å²) in [6, 6.07) is 2.40. The fourth-order valence-electron chi connectivity index (χ4n) is 1.41. The Hall–Kier alpha value is -2.71. The van der Waals surface area contributed by atoms with Crippen molar-refractivity contribution in [1.82, 2.24) is 0 Å². The monoisotopic (exact) mass is 272 g/mol. The number of non-ortho nitro benzene ring substituents is 1. The maximum atomic E-state index is 13.2. The minimum atomic E-state index is -1.34. The molecule has 0 aliphatic carbocycles. The van der Waals surface area contributed by atoms with Crippen LogP contribution in [0, 0.1) is 15.9 Å². The van der Waals surface area contributed by atoms with E-state index in [0.717, 1.165) is 17.0 Å². The number of rotatable bonds is 6. The summed E-state index contributed by atoms with van der Waals surface area (Å²) >= 11 is 0. The highest BCUT2D eigenvalue weighted by atomic mass is 19.1. The summed E-state index contributed by atoms with van der Waals surface area (Å²) in [6.45, 7) is -1.43. The van der Waals surface area contributed by atoms with Crippen LogP contribution in [0.3, 0.4) is 0 Å². The number of carboxylic acid groups (broad SMARTS) is 2. The van der Waals surface area contributed by atoms with E-state index in [4.69, 9.17) is 10.2 Å². The molecule has 0 atom stereocenters. The van der Waals surface area contributed by atoms with Gasteiger partial charge in [-0.05, 0) is 6.07 Å². The molecule has 0 unspecified atom stereocenters.